The van der Waals surface area contributed by atoms with E-state index in [1.54, 1.807) is 35.5 Å². The van der Waals surface area contributed by atoms with Crippen molar-refractivity contribution >= 4 is 28.6 Å². The fourth-order valence-corrected chi connectivity index (χ4v) is 8.70. The molecule has 3 aliphatic rings. The smallest absolute Gasteiger partial charge is 0.268 e. The largest absolute Gasteiger partial charge is 0.392 e. The SMILES string of the molecule is CCN1CCN(c2ccc(Cc3cc(-c4cc(F)cc(N5CCc6c(sc7c6CCCC7)C5=O)c4CO)cn(C)c3=O)nc2)CC1. The number of aromatic nitrogens is 2. The molecule has 4 aromatic rings. The molecular formula is C36H40FN5O3S. The molecule has 0 saturated carbocycles. The molecule has 0 atom stereocenters. The Labute approximate surface area is 272 Å². The molecule has 1 saturated heterocycles. The second kappa shape index (κ2) is 12.7. The Balaban J connectivity index is 1.18. The van der Waals surface area contributed by atoms with Crippen LogP contribution in [0.15, 0.2) is 47.5 Å². The highest BCUT2D eigenvalue weighted by Crippen LogP contribution is 2.41. The number of hydrogen-bond acceptors (Lipinski definition) is 7. The molecule has 2 aliphatic heterocycles. The van der Waals surface area contributed by atoms with Crippen molar-refractivity contribution in [1.82, 2.24) is 14.5 Å². The van der Waals surface area contributed by atoms with Crippen LogP contribution in [-0.4, -0.2) is 64.7 Å². The molecule has 1 N–H and O–H groups in total. The first kappa shape index (κ1) is 30.8. The zero-order chi connectivity index (χ0) is 31.9. The van der Waals surface area contributed by atoms with Crippen molar-refractivity contribution in [1.29, 1.82) is 0 Å². The van der Waals surface area contributed by atoms with Gasteiger partial charge in [0.2, 0.25) is 0 Å². The highest BCUT2D eigenvalue weighted by molar-refractivity contribution is 7.14. The molecule has 46 heavy (non-hydrogen) atoms. The topological polar surface area (TPSA) is 81.9 Å². The average molecular weight is 642 g/mol. The van der Waals surface area contributed by atoms with Crippen LogP contribution in [0.5, 0.6) is 0 Å². The van der Waals surface area contributed by atoms with Crippen molar-refractivity contribution in [3.8, 4) is 11.1 Å². The molecule has 1 aliphatic carbocycles. The summed E-state index contributed by atoms with van der Waals surface area (Å²) < 4.78 is 16.8. The van der Waals surface area contributed by atoms with Crippen molar-refractivity contribution in [2.45, 2.75) is 52.1 Å². The first-order valence-corrected chi connectivity index (χ1v) is 17.2. The minimum atomic E-state index is -0.501. The lowest BCUT2D eigenvalue weighted by Gasteiger charge is -2.35. The summed E-state index contributed by atoms with van der Waals surface area (Å²) in [5, 5.41) is 10.6. The number of aliphatic hydroxyl groups is 1. The second-order valence-electron chi connectivity index (χ2n) is 12.6. The third kappa shape index (κ3) is 5.67. The van der Waals surface area contributed by atoms with E-state index in [1.807, 2.05) is 12.3 Å². The summed E-state index contributed by atoms with van der Waals surface area (Å²) in [6.07, 6.45) is 8.90. The number of amides is 1. The number of nitrogens with zero attached hydrogens (tertiary/aromatic N) is 5. The molecule has 0 bridgehead atoms. The number of aliphatic hydroxyl groups excluding tert-OH is 1. The van der Waals surface area contributed by atoms with Gasteiger partial charge in [0, 0.05) is 74.1 Å². The lowest BCUT2D eigenvalue weighted by molar-refractivity contribution is 0.0984. The molecule has 0 unspecified atom stereocenters. The highest BCUT2D eigenvalue weighted by Gasteiger charge is 2.33. The van der Waals surface area contributed by atoms with Crippen LogP contribution in [0.4, 0.5) is 15.8 Å². The van der Waals surface area contributed by atoms with Crippen LogP contribution in [0.25, 0.3) is 11.1 Å². The number of hydrogen-bond donors (Lipinski definition) is 1. The molecule has 7 rings (SSSR count). The number of piperazine rings is 1. The van der Waals surface area contributed by atoms with Crippen LogP contribution in [0.2, 0.25) is 0 Å². The summed E-state index contributed by atoms with van der Waals surface area (Å²) in [5.41, 5.74) is 6.62. The lowest BCUT2D eigenvalue weighted by atomic mass is 9.91. The maximum absolute atomic E-state index is 15.4. The second-order valence-corrected chi connectivity index (χ2v) is 13.7. The van der Waals surface area contributed by atoms with Crippen LogP contribution in [0, 0.1) is 5.82 Å². The monoisotopic (exact) mass is 641 g/mol. The summed E-state index contributed by atoms with van der Waals surface area (Å²) in [7, 11) is 1.68. The summed E-state index contributed by atoms with van der Waals surface area (Å²) in [6.45, 7) is 7.27. The summed E-state index contributed by atoms with van der Waals surface area (Å²) >= 11 is 1.58. The van der Waals surface area contributed by atoms with E-state index in [4.69, 9.17) is 0 Å². The van der Waals surface area contributed by atoms with Crippen molar-refractivity contribution in [2.24, 2.45) is 7.05 Å². The average Bonchev–Trinajstić information content (AvgIpc) is 3.46. The fourth-order valence-electron chi connectivity index (χ4n) is 7.31. The molecule has 1 amide bonds. The Morgan fingerprint density at radius 3 is 2.52 bits per heavy atom. The lowest BCUT2D eigenvalue weighted by Crippen LogP contribution is -2.46. The van der Waals surface area contributed by atoms with Gasteiger partial charge in [-0.2, -0.15) is 0 Å². The van der Waals surface area contributed by atoms with E-state index < -0.39 is 5.82 Å². The molecule has 0 radical (unpaired) electrons. The zero-order valence-corrected chi connectivity index (χ0v) is 27.3. The highest BCUT2D eigenvalue weighted by atomic mass is 32.1. The van der Waals surface area contributed by atoms with Gasteiger partial charge in [-0.3, -0.25) is 14.6 Å². The molecule has 1 fully saturated rings. The molecule has 5 heterocycles. The van der Waals surface area contributed by atoms with Crippen LogP contribution in [-0.2, 0) is 39.3 Å². The van der Waals surface area contributed by atoms with E-state index in [0.717, 1.165) is 80.2 Å². The number of carbonyl (C=O) groups excluding carboxylic acids is 1. The number of fused-ring (bicyclic) bond motifs is 3. The third-order valence-corrected chi connectivity index (χ3v) is 11.2. The van der Waals surface area contributed by atoms with Crippen molar-refractivity contribution in [2.75, 3.05) is 49.1 Å². The molecular weight excluding hydrogens is 601 g/mol. The number of anilines is 2. The van der Waals surface area contributed by atoms with Crippen LogP contribution in [0.1, 0.15) is 62.3 Å². The van der Waals surface area contributed by atoms with Gasteiger partial charge in [-0.25, -0.2) is 4.39 Å². The number of carbonyl (C=O) groups is 1. The van der Waals surface area contributed by atoms with Gasteiger partial charge in [0.25, 0.3) is 11.5 Å². The summed E-state index contributed by atoms with van der Waals surface area (Å²) in [4.78, 5) is 40.2. The van der Waals surface area contributed by atoms with E-state index >= 15 is 4.39 Å². The summed E-state index contributed by atoms with van der Waals surface area (Å²) in [6, 6.07) is 8.52. The third-order valence-electron chi connectivity index (χ3n) is 9.88. The zero-order valence-electron chi connectivity index (χ0n) is 26.5. The molecule has 0 spiro atoms. The van der Waals surface area contributed by atoms with Gasteiger partial charge in [-0.05, 0) is 91.2 Å². The predicted octanol–water partition coefficient (Wildman–Crippen LogP) is 4.95. The molecule has 8 nitrogen and oxygen atoms in total. The molecule has 240 valence electrons. The van der Waals surface area contributed by atoms with E-state index in [0.29, 0.717) is 47.3 Å². The minimum absolute atomic E-state index is 0.130. The Kier molecular flexibility index (Phi) is 8.52. The van der Waals surface area contributed by atoms with Gasteiger partial charge >= 0.3 is 0 Å². The maximum atomic E-state index is 15.4. The molecule has 1 aromatic carbocycles. The molecule has 3 aromatic heterocycles. The van der Waals surface area contributed by atoms with E-state index in [2.05, 4.69) is 27.8 Å². The van der Waals surface area contributed by atoms with Crippen LogP contribution >= 0.6 is 11.3 Å². The number of likely N-dealkylation sites (N-methyl/N-ethyl adjacent to an activating group) is 1. The number of halogens is 1. The standard InChI is InChI=1S/C36H40FN5O3S/c1-3-40-12-14-41(15-13-40)27-9-8-26(38-20-27)17-23-16-24(21-39(2)35(23)44)30-18-25(37)19-32(31(30)22-43)42-11-10-29-28-6-4-5-7-33(28)46-34(29)36(42)45/h8-9,16,18-21,43H,3-7,10-15,17,22H2,1-2H3. The van der Waals surface area contributed by atoms with E-state index in [9.17, 15) is 14.7 Å². The summed E-state index contributed by atoms with van der Waals surface area (Å²) in [5.74, 6) is -0.631. The first-order valence-electron chi connectivity index (χ1n) is 16.3. The van der Waals surface area contributed by atoms with Gasteiger partial charge in [-0.15, -0.1) is 11.3 Å². The molecule has 10 heteroatoms. The van der Waals surface area contributed by atoms with Crippen molar-refractivity contribution in [3.05, 3.63) is 96.6 Å². The Morgan fingerprint density at radius 1 is 0.978 bits per heavy atom. The van der Waals surface area contributed by atoms with Gasteiger partial charge in [-0.1, -0.05) is 6.92 Å². The van der Waals surface area contributed by atoms with Gasteiger partial charge in [0.05, 0.1) is 29.1 Å². The predicted molar refractivity (Wildman–Crippen MR) is 181 cm³/mol. The fraction of sp³-hybridized carbons (Fsp3) is 0.417. The van der Waals surface area contributed by atoms with E-state index in [-0.39, 0.29) is 18.1 Å². The van der Waals surface area contributed by atoms with Crippen molar-refractivity contribution < 1.29 is 14.3 Å². The number of aryl methyl sites for hydroxylation is 2. The van der Waals surface area contributed by atoms with Crippen LogP contribution in [0.3, 0.4) is 0 Å². The van der Waals surface area contributed by atoms with Gasteiger partial charge in [0.15, 0.2) is 0 Å². The quantitative estimate of drug-likeness (QED) is 0.308. The van der Waals surface area contributed by atoms with E-state index in [1.165, 1.54) is 27.1 Å². The first-order chi connectivity index (χ1) is 22.3. The Hall–Kier alpha value is -3.86. The van der Waals surface area contributed by atoms with Crippen LogP contribution < -0.4 is 15.4 Å². The Bertz CT molecular complexity index is 1840. The number of pyridine rings is 2. The minimum Gasteiger partial charge on any atom is -0.392 e. The number of rotatable bonds is 7. The maximum Gasteiger partial charge on any atom is 0.268 e. The normalized spacial score (nSPS) is 16.9. The van der Waals surface area contributed by atoms with Gasteiger partial charge < -0.3 is 24.4 Å². The Morgan fingerprint density at radius 2 is 1.78 bits per heavy atom. The number of benzene rings is 1. The van der Waals surface area contributed by atoms with Gasteiger partial charge in [0.1, 0.15) is 5.82 Å². The van der Waals surface area contributed by atoms with Crippen molar-refractivity contribution in [3.63, 3.8) is 0 Å². The number of thiophene rings is 1.